The van der Waals surface area contributed by atoms with Crippen molar-refractivity contribution in [2.24, 2.45) is 0 Å². The minimum Gasteiger partial charge on any atom is -0.395 e. The van der Waals surface area contributed by atoms with Crippen LogP contribution in [0.15, 0.2) is 23.1 Å². The first-order chi connectivity index (χ1) is 9.00. The maximum atomic E-state index is 13.3. The molecule has 1 aromatic carbocycles. The summed E-state index contributed by atoms with van der Waals surface area (Å²) < 4.78 is 39.9. The summed E-state index contributed by atoms with van der Waals surface area (Å²) in [5.74, 6) is 2.33. The summed E-state index contributed by atoms with van der Waals surface area (Å²) in [5.41, 5.74) is 5.14. The van der Waals surface area contributed by atoms with Crippen LogP contribution in [0.3, 0.4) is 0 Å². The monoisotopic (exact) mass is 322 g/mol. The number of halogens is 1. The van der Waals surface area contributed by atoms with Crippen LogP contribution in [0, 0.1) is 5.82 Å². The van der Waals surface area contributed by atoms with Crippen LogP contribution < -0.4 is 10.5 Å². The van der Waals surface area contributed by atoms with Crippen LogP contribution in [-0.2, 0) is 10.0 Å². The largest absolute Gasteiger partial charge is 0.395 e. The van der Waals surface area contributed by atoms with E-state index in [-0.39, 0.29) is 15.8 Å². The first-order valence-electron chi connectivity index (χ1n) is 5.74. The molecule has 2 rings (SSSR count). The van der Waals surface area contributed by atoms with Crippen LogP contribution >= 0.6 is 23.5 Å². The Balaban J connectivity index is 2.07. The van der Waals surface area contributed by atoms with E-state index in [9.17, 15) is 12.8 Å². The van der Waals surface area contributed by atoms with E-state index in [0.717, 1.165) is 23.3 Å². The maximum absolute atomic E-state index is 13.3. The Morgan fingerprint density at radius 1 is 1.42 bits per heavy atom. The molecule has 1 unspecified atom stereocenters. The van der Waals surface area contributed by atoms with Gasteiger partial charge < -0.3 is 5.73 Å². The molecule has 1 atom stereocenters. The summed E-state index contributed by atoms with van der Waals surface area (Å²) >= 11 is 3.57. The zero-order chi connectivity index (χ0) is 13.9. The molecule has 1 fully saturated rings. The van der Waals surface area contributed by atoms with Gasteiger partial charge in [-0.1, -0.05) is 6.07 Å². The molecule has 0 spiro atoms. The Kier molecular flexibility index (Phi) is 4.99. The second-order valence-electron chi connectivity index (χ2n) is 4.07. The van der Waals surface area contributed by atoms with E-state index < -0.39 is 15.8 Å². The Labute approximate surface area is 120 Å². The smallest absolute Gasteiger partial charge is 0.242 e. The summed E-state index contributed by atoms with van der Waals surface area (Å²) in [7, 11) is -3.75. The van der Waals surface area contributed by atoms with Crippen LogP contribution in [0.2, 0.25) is 0 Å². The molecule has 0 aliphatic carbocycles. The number of nitrogens with one attached hydrogen (secondary N) is 1. The van der Waals surface area contributed by atoms with Gasteiger partial charge in [0.1, 0.15) is 10.7 Å². The second-order valence-corrected chi connectivity index (χ2v) is 8.36. The van der Waals surface area contributed by atoms with E-state index in [1.54, 1.807) is 11.8 Å². The number of nitrogen functional groups attached to an aromatic ring is 1. The van der Waals surface area contributed by atoms with Gasteiger partial charge in [-0.2, -0.15) is 23.5 Å². The number of nitrogens with two attached hydrogens (primary N) is 1. The summed E-state index contributed by atoms with van der Waals surface area (Å²) in [5, 5.41) is 0.253. The Hall–Kier alpha value is -0.440. The Bertz CT molecular complexity index is 545. The van der Waals surface area contributed by atoms with Gasteiger partial charge in [-0.25, -0.2) is 17.5 Å². The van der Waals surface area contributed by atoms with Crippen molar-refractivity contribution in [3.8, 4) is 0 Å². The van der Waals surface area contributed by atoms with Gasteiger partial charge in [-0.3, -0.25) is 0 Å². The van der Waals surface area contributed by atoms with Gasteiger partial charge in [0.05, 0.1) is 5.69 Å². The third kappa shape index (κ3) is 3.77. The fourth-order valence-electron chi connectivity index (χ4n) is 1.69. The first-order valence-corrected chi connectivity index (χ1v) is 9.42. The van der Waals surface area contributed by atoms with Gasteiger partial charge in [0.2, 0.25) is 10.0 Å². The molecule has 1 aliphatic rings. The Morgan fingerprint density at radius 3 is 2.89 bits per heavy atom. The second kappa shape index (κ2) is 6.34. The predicted octanol–water partition coefficient (Wildman–Crippen LogP) is 1.53. The number of rotatable bonds is 4. The molecule has 0 bridgehead atoms. The highest BCUT2D eigenvalue weighted by Gasteiger charge is 2.22. The molecule has 4 nitrogen and oxygen atoms in total. The molecule has 1 heterocycles. The van der Waals surface area contributed by atoms with Crippen LogP contribution in [0.4, 0.5) is 10.1 Å². The third-order valence-corrected chi connectivity index (χ3v) is 7.02. The maximum Gasteiger partial charge on any atom is 0.242 e. The van der Waals surface area contributed by atoms with E-state index in [1.807, 2.05) is 11.8 Å². The van der Waals surface area contributed by atoms with Crippen molar-refractivity contribution in [3.05, 3.63) is 24.0 Å². The first kappa shape index (κ1) is 15.0. The van der Waals surface area contributed by atoms with Crippen molar-refractivity contribution in [1.29, 1.82) is 0 Å². The summed E-state index contributed by atoms with van der Waals surface area (Å²) in [4.78, 5) is -0.194. The molecule has 1 saturated heterocycles. The van der Waals surface area contributed by atoms with E-state index >= 15 is 0 Å². The molecule has 0 saturated carbocycles. The van der Waals surface area contributed by atoms with Crippen molar-refractivity contribution in [2.75, 3.05) is 29.5 Å². The molecule has 0 aromatic heterocycles. The lowest BCUT2D eigenvalue weighted by atomic mass is 10.3. The lowest BCUT2D eigenvalue weighted by Gasteiger charge is -2.21. The SMILES string of the molecule is Nc1c(F)cccc1S(=O)(=O)NCC1CSCCS1. The van der Waals surface area contributed by atoms with Crippen molar-refractivity contribution < 1.29 is 12.8 Å². The van der Waals surface area contributed by atoms with Gasteiger partial charge in [-0.15, -0.1) is 0 Å². The van der Waals surface area contributed by atoms with E-state index in [4.69, 9.17) is 5.73 Å². The number of thioether (sulfide) groups is 2. The van der Waals surface area contributed by atoms with Gasteiger partial charge in [-0.05, 0) is 12.1 Å². The molecule has 8 heteroatoms. The Morgan fingerprint density at radius 2 is 2.21 bits per heavy atom. The normalized spacial score (nSPS) is 20.4. The van der Waals surface area contributed by atoms with Crippen LogP contribution in [0.25, 0.3) is 0 Å². The van der Waals surface area contributed by atoms with Crippen LogP contribution in [-0.4, -0.2) is 37.5 Å². The van der Waals surface area contributed by atoms with Crippen LogP contribution in [0.5, 0.6) is 0 Å². The summed E-state index contributed by atoms with van der Waals surface area (Å²) in [6, 6.07) is 3.79. The number of hydrogen-bond donors (Lipinski definition) is 2. The van der Waals surface area contributed by atoms with E-state index in [2.05, 4.69) is 4.72 Å². The highest BCUT2D eigenvalue weighted by Crippen LogP contribution is 2.25. The van der Waals surface area contributed by atoms with Crippen LogP contribution in [0.1, 0.15) is 0 Å². The number of hydrogen-bond acceptors (Lipinski definition) is 5. The fraction of sp³-hybridized carbons (Fsp3) is 0.455. The average molecular weight is 322 g/mol. The molecule has 3 N–H and O–H groups in total. The van der Waals surface area contributed by atoms with Gasteiger partial charge in [0.15, 0.2) is 0 Å². The minimum atomic E-state index is -3.75. The lowest BCUT2D eigenvalue weighted by molar-refractivity contribution is 0.579. The van der Waals surface area contributed by atoms with Gasteiger partial charge in [0.25, 0.3) is 0 Å². The summed E-state index contributed by atoms with van der Waals surface area (Å²) in [6.07, 6.45) is 0. The number of para-hydroxylation sites is 1. The molecular formula is C11H15FN2O2S3. The predicted molar refractivity (Wildman–Crippen MR) is 79.6 cm³/mol. The molecule has 0 radical (unpaired) electrons. The van der Waals surface area contributed by atoms with Gasteiger partial charge in [0, 0.05) is 29.1 Å². The molecular weight excluding hydrogens is 307 g/mol. The average Bonchev–Trinajstić information content (AvgIpc) is 2.41. The number of benzene rings is 1. The molecule has 1 aliphatic heterocycles. The van der Waals surface area contributed by atoms with E-state index in [1.165, 1.54) is 12.1 Å². The number of anilines is 1. The van der Waals surface area contributed by atoms with E-state index in [0.29, 0.717) is 6.54 Å². The molecule has 19 heavy (non-hydrogen) atoms. The molecule has 106 valence electrons. The summed E-state index contributed by atoms with van der Waals surface area (Å²) in [6.45, 7) is 0.343. The van der Waals surface area contributed by atoms with Crippen molar-refractivity contribution in [1.82, 2.24) is 4.72 Å². The minimum absolute atomic E-state index is 0.194. The van der Waals surface area contributed by atoms with Gasteiger partial charge >= 0.3 is 0 Å². The van der Waals surface area contributed by atoms with Crippen molar-refractivity contribution in [3.63, 3.8) is 0 Å². The lowest BCUT2D eigenvalue weighted by Crippen LogP contribution is -2.33. The number of sulfonamides is 1. The topological polar surface area (TPSA) is 72.2 Å². The van der Waals surface area contributed by atoms with Crippen molar-refractivity contribution in [2.45, 2.75) is 10.1 Å². The molecule has 0 amide bonds. The highest BCUT2D eigenvalue weighted by atomic mass is 32.2. The zero-order valence-corrected chi connectivity index (χ0v) is 12.6. The molecule has 1 aromatic rings. The van der Waals surface area contributed by atoms with Crippen molar-refractivity contribution >= 4 is 39.2 Å². The fourth-order valence-corrected chi connectivity index (χ4v) is 5.62. The highest BCUT2D eigenvalue weighted by molar-refractivity contribution is 8.06. The third-order valence-electron chi connectivity index (χ3n) is 2.69. The standard InChI is InChI=1S/C11H15FN2O2S3/c12-9-2-1-3-10(11(9)13)19(15,16)14-6-8-7-17-4-5-18-8/h1-3,8,14H,4-7,13H2. The zero-order valence-electron chi connectivity index (χ0n) is 10.1. The quantitative estimate of drug-likeness (QED) is 0.823.